The molecule has 0 aromatic carbocycles. The summed E-state index contributed by atoms with van der Waals surface area (Å²) in [6.07, 6.45) is -1.78. The van der Waals surface area contributed by atoms with Gasteiger partial charge in [-0.05, 0) is 6.92 Å². The van der Waals surface area contributed by atoms with Gasteiger partial charge < -0.3 is 19.7 Å². The topological polar surface area (TPSA) is 58.9 Å². The Kier molecular flexibility index (Phi) is 2.84. The van der Waals surface area contributed by atoms with Gasteiger partial charge in [0.05, 0.1) is 12.2 Å². The molecule has 0 saturated carbocycles. The van der Waals surface area contributed by atoms with Crippen molar-refractivity contribution >= 4 is 0 Å². The van der Waals surface area contributed by atoms with E-state index in [4.69, 9.17) is 14.6 Å². The monoisotopic (exact) mass is 162 g/mol. The third-order valence-electron chi connectivity index (χ3n) is 1.97. The number of hydrogen-bond acceptors (Lipinski definition) is 4. The van der Waals surface area contributed by atoms with Gasteiger partial charge in [-0.25, -0.2) is 0 Å². The zero-order valence-electron chi connectivity index (χ0n) is 6.73. The van der Waals surface area contributed by atoms with Crippen LogP contribution in [0.25, 0.3) is 0 Å². The Bertz CT molecular complexity index is 128. The van der Waals surface area contributed by atoms with Gasteiger partial charge in [0.1, 0.15) is 6.10 Å². The van der Waals surface area contributed by atoms with Gasteiger partial charge >= 0.3 is 0 Å². The molecule has 66 valence electrons. The van der Waals surface area contributed by atoms with Gasteiger partial charge in [0, 0.05) is 13.5 Å². The number of aliphatic hydroxyl groups excluding tert-OH is 2. The molecule has 1 saturated heterocycles. The smallest absolute Gasteiger partial charge is 0.157 e. The SMILES string of the molecule is COC1CC(O)O[C@@H](C)C1O. The summed E-state index contributed by atoms with van der Waals surface area (Å²) in [7, 11) is 1.51. The van der Waals surface area contributed by atoms with E-state index < -0.39 is 12.4 Å². The van der Waals surface area contributed by atoms with Crippen LogP contribution < -0.4 is 0 Å². The molecule has 1 rings (SSSR count). The van der Waals surface area contributed by atoms with Crippen LogP contribution >= 0.6 is 0 Å². The first-order valence-electron chi connectivity index (χ1n) is 3.69. The maximum atomic E-state index is 9.39. The molecule has 1 heterocycles. The maximum Gasteiger partial charge on any atom is 0.157 e. The van der Waals surface area contributed by atoms with Crippen molar-refractivity contribution in [1.82, 2.24) is 0 Å². The predicted molar refractivity (Wildman–Crippen MR) is 38.0 cm³/mol. The number of aliphatic hydroxyl groups is 2. The molecule has 4 atom stereocenters. The van der Waals surface area contributed by atoms with Crippen molar-refractivity contribution in [2.75, 3.05) is 7.11 Å². The van der Waals surface area contributed by atoms with Crippen LogP contribution in [-0.4, -0.2) is 41.9 Å². The van der Waals surface area contributed by atoms with Crippen LogP contribution in [0.5, 0.6) is 0 Å². The van der Waals surface area contributed by atoms with E-state index in [2.05, 4.69) is 0 Å². The molecule has 0 aromatic heterocycles. The second kappa shape index (κ2) is 3.49. The van der Waals surface area contributed by atoms with Gasteiger partial charge in [-0.3, -0.25) is 0 Å². The summed E-state index contributed by atoms with van der Waals surface area (Å²) in [5.41, 5.74) is 0. The van der Waals surface area contributed by atoms with Crippen molar-refractivity contribution in [2.24, 2.45) is 0 Å². The molecular weight excluding hydrogens is 148 g/mol. The Morgan fingerprint density at radius 2 is 2.09 bits per heavy atom. The van der Waals surface area contributed by atoms with E-state index in [0.29, 0.717) is 6.42 Å². The largest absolute Gasteiger partial charge is 0.388 e. The van der Waals surface area contributed by atoms with Gasteiger partial charge in [0.2, 0.25) is 0 Å². The third kappa shape index (κ3) is 1.90. The van der Waals surface area contributed by atoms with E-state index in [-0.39, 0.29) is 12.2 Å². The van der Waals surface area contributed by atoms with Crippen LogP contribution in [0.1, 0.15) is 13.3 Å². The summed E-state index contributed by atoms with van der Waals surface area (Å²) in [6, 6.07) is 0. The molecule has 0 radical (unpaired) electrons. The molecule has 0 spiro atoms. The molecule has 1 aliphatic heterocycles. The molecule has 3 unspecified atom stereocenters. The summed E-state index contributed by atoms with van der Waals surface area (Å²) in [4.78, 5) is 0. The van der Waals surface area contributed by atoms with E-state index in [1.54, 1.807) is 6.92 Å². The molecule has 4 heteroatoms. The van der Waals surface area contributed by atoms with Gasteiger partial charge in [-0.2, -0.15) is 0 Å². The van der Waals surface area contributed by atoms with E-state index in [1.165, 1.54) is 7.11 Å². The highest BCUT2D eigenvalue weighted by atomic mass is 16.6. The minimum absolute atomic E-state index is 0.311. The van der Waals surface area contributed by atoms with Crippen LogP contribution in [0.15, 0.2) is 0 Å². The quantitative estimate of drug-likeness (QED) is 0.545. The number of ether oxygens (including phenoxy) is 2. The molecule has 4 nitrogen and oxygen atoms in total. The van der Waals surface area contributed by atoms with Crippen molar-refractivity contribution in [3.63, 3.8) is 0 Å². The lowest BCUT2D eigenvalue weighted by atomic mass is 10.0. The first-order chi connectivity index (χ1) is 5.15. The van der Waals surface area contributed by atoms with Crippen LogP contribution in [-0.2, 0) is 9.47 Å². The van der Waals surface area contributed by atoms with E-state index in [9.17, 15) is 5.11 Å². The Morgan fingerprint density at radius 3 is 2.64 bits per heavy atom. The molecular formula is C7H14O4. The van der Waals surface area contributed by atoms with Crippen molar-refractivity contribution < 1.29 is 19.7 Å². The van der Waals surface area contributed by atoms with Gasteiger partial charge in [-0.15, -0.1) is 0 Å². The van der Waals surface area contributed by atoms with Crippen LogP contribution in [0.3, 0.4) is 0 Å². The molecule has 0 amide bonds. The lowest BCUT2D eigenvalue weighted by Crippen LogP contribution is -2.47. The molecule has 2 N–H and O–H groups in total. The fourth-order valence-corrected chi connectivity index (χ4v) is 1.26. The lowest BCUT2D eigenvalue weighted by molar-refractivity contribution is -0.231. The fraction of sp³-hybridized carbons (Fsp3) is 1.00. The Balaban J connectivity index is 2.51. The summed E-state index contributed by atoms with van der Waals surface area (Å²) in [5, 5.41) is 18.5. The maximum absolute atomic E-state index is 9.39. The molecule has 1 aliphatic rings. The molecule has 1 fully saturated rings. The fourth-order valence-electron chi connectivity index (χ4n) is 1.26. The van der Waals surface area contributed by atoms with Gasteiger partial charge in [-0.1, -0.05) is 0 Å². The van der Waals surface area contributed by atoms with Crippen molar-refractivity contribution in [3.8, 4) is 0 Å². The highest BCUT2D eigenvalue weighted by Gasteiger charge is 2.34. The minimum Gasteiger partial charge on any atom is -0.388 e. The first-order valence-corrected chi connectivity index (χ1v) is 3.69. The van der Waals surface area contributed by atoms with Gasteiger partial charge in [0.25, 0.3) is 0 Å². The van der Waals surface area contributed by atoms with Crippen molar-refractivity contribution in [1.29, 1.82) is 0 Å². The zero-order valence-corrected chi connectivity index (χ0v) is 6.73. The normalized spacial score (nSPS) is 45.8. The van der Waals surface area contributed by atoms with Crippen LogP contribution in [0.4, 0.5) is 0 Å². The summed E-state index contributed by atoms with van der Waals surface area (Å²) < 4.78 is 9.91. The number of rotatable bonds is 1. The van der Waals surface area contributed by atoms with Crippen molar-refractivity contribution in [3.05, 3.63) is 0 Å². The second-order valence-corrected chi connectivity index (χ2v) is 2.80. The zero-order chi connectivity index (χ0) is 8.43. The highest BCUT2D eigenvalue weighted by molar-refractivity contribution is 4.80. The van der Waals surface area contributed by atoms with Crippen LogP contribution in [0, 0.1) is 0 Å². The lowest BCUT2D eigenvalue weighted by Gasteiger charge is -2.34. The second-order valence-electron chi connectivity index (χ2n) is 2.80. The summed E-state index contributed by atoms with van der Waals surface area (Å²) in [5.74, 6) is 0. The number of methoxy groups -OCH3 is 1. The Morgan fingerprint density at radius 1 is 1.45 bits per heavy atom. The van der Waals surface area contributed by atoms with E-state index in [1.807, 2.05) is 0 Å². The standard InChI is InChI=1S/C7H14O4/c1-4-7(9)5(10-2)3-6(8)11-4/h4-9H,3H2,1-2H3/t4-,5?,6?,7?/m0/s1. The van der Waals surface area contributed by atoms with E-state index in [0.717, 1.165) is 0 Å². The van der Waals surface area contributed by atoms with Crippen LogP contribution in [0.2, 0.25) is 0 Å². The summed E-state index contributed by atoms with van der Waals surface area (Å²) in [6.45, 7) is 1.71. The third-order valence-corrected chi connectivity index (χ3v) is 1.97. The van der Waals surface area contributed by atoms with Crippen molar-refractivity contribution in [2.45, 2.75) is 37.9 Å². The minimum atomic E-state index is -0.807. The first kappa shape index (κ1) is 8.93. The number of hydrogen-bond donors (Lipinski definition) is 2. The summed E-state index contributed by atoms with van der Waals surface area (Å²) >= 11 is 0. The molecule has 0 aliphatic carbocycles. The molecule has 0 aromatic rings. The average Bonchev–Trinajstić information content (AvgIpc) is 1.96. The van der Waals surface area contributed by atoms with Gasteiger partial charge in [0.15, 0.2) is 6.29 Å². The molecule has 11 heavy (non-hydrogen) atoms. The predicted octanol–water partition coefficient (Wildman–Crippen LogP) is -0.510. The highest BCUT2D eigenvalue weighted by Crippen LogP contribution is 2.20. The Labute approximate surface area is 65.7 Å². The Hall–Kier alpha value is -0.160. The average molecular weight is 162 g/mol. The van der Waals surface area contributed by atoms with E-state index >= 15 is 0 Å². The molecule has 0 bridgehead atoms.